The molecule has 1 heterocycles. The molecule has 1 saturated heterocycles. The Kier molecular flexibility index (Phi) is 3.45. The van der Waals surface area contributed by atoms with Gasteiger partial charge < -0.3 is 4.90 Å². The summed E-state index contributed by atoms with van der Waals surface area (Å²) in [6, 6.07) is -3.73. The van der Waals surface area contributed by atoms with E-state index in [1.807, 2.05) is 0 Å². The summed E-state index contributed by atoms with van der Waals surface area (Å²) in [6.07, 6.45) is -10.2. The Hall–Kier alpha value is -1.21. The van der Waals surface area contributed by atoms with Gasteiger partial charge in [0.2, 0.25) is 11.9 Å². The number of nitrogens with zero attached hydrogens (tertiary/aromatic N) is 1. The van der Waals surface area contributed by atoms with E-state index in [-0.39, 0.29) is 11.3 Å². The van der Waals surface area contributed by atoms with Crippen molar-refractivity contribution in [3.8, 4) is 0 Å². The van der Waals surface area contributed by atoms with Gasteiger partial charge in [-0.2, -0.15) is 26.3 Å². The minimum atomic E-state index is -5.52. The van der Waals surface area contributed by atoms with Crippen molar-refractivity contribution >= 4 is 5.91 Å². The molecule has 0 aliphatic carbocycles. The van der Waals surface area contributed by atoms with E-state index in [0.29, 0.717) is 0 Å². The molecule has 1 atom stereocenters. The molecule has 1 amide bonds. The minimum Gasteiger partial charge on any atom is -0.322 e. The van der Waals surface area contributed by atoms with E-state index in [9.17, 15) is 31.1 Å². The van der Waals surface area contributed by atoms with Gasteiger partial charge in [-0.05, 0) is 0 Å². The van der Waals surface area contributed by atoms with Gasteiger partial charge in [-0.3, -0.25) is 4.79 Å². The van der Waals surface area contributed by atoms with E-state index in [2.05, 4.69) is 6.58 Å². The van der Waals surface area contributed by atoms with Gasteiger partial charge in [0, 0.05) is 18.9 Å². The van der Waals surface area contributed by atoms with Crippen LogP contribution in [0.5, 0.6) is 0 Å². The third-order valence-corrected chi connectivity index (χ3v) is 2.45. The first-order chi connectivity index (χ1) is 7.57. The molecule has 0 spiro atoms. The zero-order valence-corrected chi connectivity index (χ0v) is 8.48. The standard InChI is InChI=1S/C9H9F6NO/c1-2-5-3-6(17)16(4-5)7(8(10,11)12)9(13,14)15/h2,5,7H,1,3-4H2. The second-order valence-electron chi connectivity index (χ2n) is 3.73. The number of likely N-dealkylation sites (tertiary alicyclic amines) is 1. The van der Waals surface area contributed by atoms with Crippen LogP contribution in [0.2, 0.25) is 0 Å². The molecule has 1 aliphatic heterocycles. The van der Waals surface area contributed by atoms with Crippen molar-refractivity contribution in [2.75, 3.05) is 6.54 Å². The van der Waals surface area contributed by atoms with Gasteiger partial charge in [-0.1, -0.05) is 6.08 Å². The number of alkyl halides is 6. The van der Waals surface area contributed by atoms with E-state index in [0.717, 1.165) is 0 Å². The largest absolute Gasteiger partial charge is 0.417 e. The lowest BCUT2D eigenvalue weighted by Gasteiger charge is -2.31. The van der Waals surface area contributed by atoms with Crippen molar-refractivity contribution in [3.63, 3.8) is 0 Å². The maximum atomic E-state index is 12.3. The molecule has 1 aliphatic rings. The lowest BCUT2D eigenvalue weighted by molar-refractivity contribution is -0.282. The molecule has 17 heavy (non-hydrogen) atoms. The molecule has 8 heteroatoms. The number of rotatable bonds is 2. The van der Waals surface area contributed by atoms with E-state index in [1.54, 1.807) is 0 Å². The number of carbonyl (C=O) groups is 1. The fourth-order valence-electron chi connectivity index (χ4n) is 1.71. The zero-order chi connectivity index (χ0) is 13.4. The van der Waals surface area contributed by atoms with Gasteiger partial charge in [0.15, 0.2) is 0 Å². The zero-order valence-electron chi connectivity index (χ0n) is 8.48. The second kappa shape index (κ2) is 4.23. The Morgan fingerprint density at radius 3 is 2.00 bits per heavy atom. The molecule has 0 aromatic carbocycles. The van der Waals surface area contributed by atoms with E-state index < -0.39 is 36.8 Å². The predicted molar refractivity (Wildman–Crippen MR) is 45.9 cm³/mol. The first-order valence-electron chi connectivity index (χ1n) is 4.63. The number of carbonyl (C=O) groups excluding carboxylic acids is 1. The highest BCUT2D eigenvalue weighted by atomic mass is 19.4. The van der Waals surface area contributed by atoms with E-state index in [4.69, 9.17) is 0 Å². The fourth-order valence-corrected chi connectivity index (χ4v) is 1.71. The van der Waals surface area contributed by atoms with Crippen LogP contribution in [-0.2, 0) is 4.79 Å². The van der Waals surface area contributed by atoms with Gasteiger partial charge >= 0.3 is 12.4 Å². The van der Waals surface area contributed by atoms with Crippen molar-refractivity contribution in [3.05, 3.63) is 12.7 Å². The highest BCUT2D eigenvalue weighted by molar-refractivity contribution is 5.79. The van der Waals surface area contributed by atoms with Crippen LogP contribution in [0, 0.1) is 5.92 Å². The summed E-state index contributed by atoms with van der Waals surface area (Å²) in [7, 11) is 0. The smallest absolute Gasteiger partial charge is 0.322 e. The maximum Gasteiger partial charge on any atom is 0.417 e. The first kappa shape index (κ1) is 13.9. The molecule has 0 saturated carbocycles. The third kappa shape index (κ3) is 2.92. The van der Waals surface area contributed by atoms with Crippen LogP contribution in [0.25, 0.3) is 0 Å². The molecule has 0 N–H and O–H groups in total. The normalized spacial score (nSPS) is 22.4. The van der Waals surface area contributed by atoms with Crippen LogP contribution in [-0.4, -0.2) is 35.7 Å². The lowest BCUT2D eigenvalue weighted by atomic mass is 10.1. The van der Waals surface area contributed by atoms with Crippen LogP contribution >= 0.6 is 0 Å². The quantitative estimate of drug-likeness (QED) is 0.552. The van der Waals surface area contributed by atoms with Gasteiger partial charge in [-0.15, -0.1) is 6.58 Å². The average Bonchev–Trinajstić information content (AvgIpc) is 2.42. The summed E-state index contributed by atoms with van der Waals surface area (Å²) in [5.74, 6) is -1.83. The topological polar surface area (TPSA) is 20.3 Å². The minimum absolute atomic E-state index is 0.174. The molecule has 2 nitrogen and oxygen atoms in total. The lowest BCUT2D eigenvalue weighted by Crippen LogP contribution is -2.55. The molecule has 98 valence electrons. The van der Waals surface area contributed by atoms with Gasteiger partial charge in [0.05, 0.1) is 0 Å². The van der Waals surface area contributed by atoms with Gasteiger partial charge in [-0.25, -0.2) is 0 Å². The third-order valence-electron chi connectivity index (χ3n) is 2.45. The number of hydrogen-bond acceptors (Lipinski definition) is 1. The van der Waals surface area contributed by atoms with Crippen LogP contribution in [0.3, 0.4) is 0 Å². The Morgan fingerprint density at radius 1 is 1.24 bits per heavy atom. The molecule has 1 rings (SSSR count). The Morgan fingerprint density at radius 2 is 1.71 bits per heavy atom. The second-order valence-corrected chi connectivity index (χ2v) is 3.73. The molecule has 0 aromatic heterocycles. The summed E-state index contributed by atoms with van der Waals surface area (Å²) >= 11 is 0. The summed E-state index contributed by atoms with van der Waals surface area (Å²) in [6.45, 7) is 2.65. The molecule has 1 unspecified atom stereocenters. The fraction of sp³-hybridized carbons (Fsp3) is 0.667. The molecule has 0 aromatic rings. The van der Waals surface area contributed by atoms with Crippen molar-refractivity contribution in [1.29, 1.82) is 0 Å². The van der Waals surface area contributed by atoms with E-state index >= 15 is 0 Å². The SMILES string of the molecule is C=CC1CC(=O)N(C(C(F)(F)F)C(F)(F)F)C1. The average molecular weight is 261 g/mol. The summed E-state index contributed by atoms with van der Waals surface area (Å²) < 4.78 is 74.0. The monoisotopic (exact) mass is 261 g/mol. The Labute approximate surface area is 92.9 Å². The number of amides is 1. The highest BCUT2D eigenvalue weighted by Crippen LogP contribution is 2.39. The van der Waals surface area contributed by atoms with Crippen LogP contribution in [0.4, 0.5) is 26.3 Å². The van der Waals surface area contributed by atoms with Crippen molar-refractivity contribution in [1.82, 2.24) is 4.90 Å². The molecule has 0 radical (unpaired) electrons. The predicted octanol–water partition coefficient (Wildman–Crippen LogP) is 2.51. The van der Waals surface area contributed by atoms with Crippen molar-refractivity contribution < 1.29 is 31.1 Å². The van der Waals surface area contributed by atoms with Gasteiger partial charge in [0.25, 0.3) is 0 Å². The highest BCUT2D eigenvalue weighted by Gasteiger charge is 2.62. The van der Waals surface area contributed by atoms with Crippen molar-refractivity contribution in [2.24, 2.45) is 5.92 Å². The Balaban J connectivity index is 3.01. The number of hydrogen-bond donors (Lipinski definition) is 0. The molecular formula is C9H9F6NO. The molecular weight excluding hydrogens is 252 g/mol. The first-order valence-corrected chi connectivity index (χ1v) is 4.63. The summed E-state index contributed by atoms with van der Waals surface area (Å²) in [5, 5.41) is 0. The maximum absolute atomic E-state index is 12.3. The van der Waals surface area contributed by atoms with Crippen molar-refractivity contribution in [2.45, 2.75) is 24.8 Å². The molecule has 1 fully saturated rings. The van der Waals surface area contributed by atoms with Crippen LogP contribution in [0.1, 0.15) is 6.42 Å². The van der Waals surface area contributed by atoms with Gasteiger partial charge in [0.1, 0.15) is 0 Å². The van der Waals surface area contributed by atoms with Crippen LogP contribution in [0.15, 0.2) is 12.7 Å². The number of halogens is 6. The van der Waals surface area contributed by atoms with E-state index in [1.165, 1.54) is 6.08 Å². The molecule has 0 bridgehead atoms. The van der Waals surface area contributed by atoms with Crippen LogP contribution < -0.4 is 0 Å². The Bertz CT molecular complexity index is 306. The summed E-state index contributed by atoms with van der Waals surface area (Å²) in [5.41, 5.74) is 0. The summed E-state index contributed by atoms with van der Waals surface area (Å²) in [4.78, 5) is 11.0.